The van der Waals surface area contributed by atoms with Gasteiger partial charge in [0.25, 0.3) is 0 Å². The topological polar surface area (TPSA) is 104 Å². The molecule has 31 heavy (non-hydrogen) atoms. The number of rotatable bonds is 3. The highest BCUT2D eigenvalue weighted by atomic mass is 19.1. The zero-order chi connectivity index (χ0) is 23.0. The Balaban J connectivity index is 1.67. The van der Waals surface area contributed by atoms with Crippen LogP contribution < -0.4 is 0 Å². The number of carbonyl (C=O) groups excluding carboxylic acids is 2. The fraction of sp³-hybridized carbons (Fsp3) is 0.917. The first-order valence-corrected chi connectivity index (χ1v) is 11.7. The molecule has 0 spiro atoms. The Morgan fingerprint density at radius 2 is 1.71 bits per heavy atom. The first-order chi connectivity index (χ1) is 14.3. The number of alkyl halides is 1. The van der Waals surface area contributed by atoms with Crippen LogP contribution in [0, 0.1) is 34.5 Å². The molecule has 4 aliphatic rings. The van der Waals surface area contributed by atoms with Gasteiger partial charge in [-0.25, -0.2) is 4.39 Å². The number of Topliss-reactive ketones (excluding diaryl/α,β-unsaturated/α-hetero) is 1. The zero-order valence-electron chi connectivity index (χ0n) is 19.1. The van der Waals surface area contributed by atoms with Crippen LogP contribution in [0.4, 0.5) is 4.39 Å². The van der Waals surface area contributed by atoms with Crippen molar-refractivity contribution in [2.24, 2.45) is 34.5 Å². The molecular weight excluding hydrogens is 403 g/mol. The van der Waals surface area contributed by atoms with E-state index in [1.165, 1.54) is 6.92 Å². The maximum Gasteiger partial charge on any atom is 0.303 e. The highest BCUT2D eigenvalue weighted by Gasteiger charge is 2.72. The summed E-state index contributed by atoms with van der Waals surface area (Å²) in [5, 5.41) is 33.3. The van der Waals surface area contributed by atoms with Crippen molar-refractivity contribution in [1.29, 1.82) is 0 Å². The molecule has 0 aromatic heterocycles. The zero-order valence-corrected chi connectivity index (χ0v) is 19.1. The molecule has 4 saturated carbocycles. The van der Waals surface area contributed by atoms with E-state index in [0.717, 1.165) is 0 Å². The molecule has 4 aliphatic carbocycles. The molecule has 0 bridgehead atoms. The number of aliphatic hydroxyl groups is 3. The van der Waals surface area contributed by atoms with E-state index in [1.807, 2.05) is 20.8 Å². The molecule has 4 rings (SSSR count). The average Bonchev–Trinajstić information content (AvgIpc) is 2.90. The molecule has 0 aromatic rings. The molecule has 6 nitrogen and oxygen atoms in total. The maximum absolute atomic E-state index is 15.6. The second-order valence-electron chi connectivity index (χ2n) is 11.4. The summed E-state index contributed by atoms with van der Waals surface area (Å²) in [7, 11) is 0. The molecule has 0 unspecified atom stereocenters. The van der Waals surface area contributed by atoms with Crippen LogP contribution in [0.25, 0.3) is 0 Å². The van der Waals surface area contributed by atoms with Crippen molar-refractivity contribution in [2.45, 2.75) is 96.1 Å². The highest BCUT2D eigenvalue weighted by molar-refractivity contribution is 5.91. The van der Waals surface area contributed by atoms with Crippen molar-refractivity contribution in [1.82, 2.24) is 0 Å². The van der Waals surface area contributed by atoms with Gasteiger partial charge in [-0.05, 0) is 62.2 Å². The van der Waals surface area contributed by atoms with Gasteiger partial charge >= 0.3 is 5.97 Å². The van der Waals surface area contributed by atoms with Gasteiger partial charge in [0.1, 0.15) is 17.4 Å². The lowest BCUT2D eigenvalue weighted by molar-refractivity contribution is -0.253. The van der Waals surface area contributed by atoms with E-state index in [-0.39, 0.29) is 36.5 Å². The van der Waals surface area contributed by atoms with Crippen LogP contribution in [0.1, 0.15) is 72.6 Å². The van der Waals surface area contributed by atoms with E-state index in [0.29, 0.717) is 32.1 Å². The molecule has 0 amide bonds. The monoisotopic (exact) mass is 440 g/mol. The molecule has 7 heteroatoms. The van der Waals surface area contributed by atoms with Gasteiger partial charge in [-0.2, -0.15) is 0 Å². The fourth-order valence-electron chi connectivity index (χ4n) is 8.42. The van der Waals surface area contributed by atoms with Crippen LogP contribution in [-0.2, 0) is 14.3 Å². The molecule has 0 aromatic carbocycles. The molecule has 4 fully saturated rings. The summed E-state index contributed by atoms with van der Waals surface area (Å²) in [6.07, 6.45) is 1.13. The Morgan fingerprint density at radius 1 is 1.06 bits per heavy atom. The Kier molecular flexibility index (Phi) is 5.39. The van der Waals surface area contributed by atoms with Crippen LogP contribution in [-0.4, -0.2) is 57.2 Å². The van der Waals surface area contributed by atoms with Crippen LogP contribution in [0.2, 0.25) is 0 Å². The SMILES string of the molecule is CC(=O)OCC(=O)[C@]1(O)[C@@H](C)C[C@H]2[C@@H]3C[C@@H](F)[C@]4(O)C[C@H](O)CC[C@]4(C)[C@H]3CC[C@@]21C. The summed E-state index contributed by atoms with van der Waals surface area (Å²) >= 11 is 0. The molecular formula is C24H37FO6. The Morgan fingerprint density at radius 3 is 2.35 bits per heavy atom. The predicted octanol–water partition coefficient (Wildman–Crippen LogP) is 2.56. The number of carbonyl (C=O) groups is 2. The van der Waals surface area contributed by atoms with E-state index in [4.69, 9.17) is 4.74 Å². The summed E-state index contributed by atoms with van der Waals surface area (Å²) in [5.41, 5.74) is -4.53. The standard InChI is InChI=1S/C24H37FO6/c1-13-9-18-16-10-19(25)23(29)11-15(27)5-7-21(23,3)17(16)6-8-22(18,4)24(13,30)20(28)12-31-14(2)26/h13,15-19,27,29-30H,5-12H2,1-4H3/t13-,15+,16+,17-,18-,19+,21+,22-,23+,24+/m0/s1. The number of aliphatic hydroxyl groups excluding tert-OH is 1. The normalized spacial score (nSPS) is 53.8. The largest absolute Gasteiger partial charge is 0.458 e. The van der Waals surface area contributed by atoms with Gasteiger partial charge in [0.15, 0.2) is 6.61 Å². The van der Waals surface area contributed by atoms with Gasteiger partial charge in [-0.1, -0.05) is 20.8 Å². The van der Waals surface area contributed by atoms with Crippen molar-refractivity contribution >= 4 is 11.8 Å². The van der Waals surface area contributed by atoms with E-state index in [2.05, 4.69) is 0 Å². The van der Waals surface area contributed by atoms with Crippen LogP contribution in [0.15, 0.2) is 0 Å². The summed E-state index contributed by atoms with van der Waals surface area (Å²) in [6, 6.07) is 0. The van der Waals surface area contributed by atoms with E-state index < -0.39 is 52.7 Å². The summed E-state index contributed by atoms with van der Waals surface area (Å²) < 4.78 is 20.5. The first-order valence-electron chi connectivity index (χ1n) is 11.7. The quantitative estimate of drug-likeness (QED) is 0.583. The predicted molar refractivity (Wildman–Crippen MR) is 111 cm³/mol. The van der Waals surface area contributed by atoms with Gasteiger partial charge < -0.3 is 20.1 Å². The number of fused-ring (bicyclic) bond motifs is 5. The van der Waals surface area contributed by atoms with Crippen LogP contribution in [0.5, 0.6) is 0 Å². The number of halogens is 1. The van der Waals surface area contributed by atoms with Gasteiger partial charge in [0.2, 0.25) is 5.78 Å². The number of hydrogen-bond acceptors (Lipinski definition) is 6. The van der Waals surface area contributed by atoms with Crippen LogP contribution in [0.3, 0.4) is 0 Å². The highest BCUT2D eigenvalue weighted by Crippen LogP contribution is 2.70. The summed E-state index contributed by atoms with van der Waals surface area (Å²) in [4.78, 5) is 24.3. The van der Waals surface area contributed by atoms with Crippen molar-refractivity contribution in [3.63, 3.8) is 0 Å². The second kappa shape index (κ2) is 7.22. The molecule has 176 valence electrons. The smallest absolute Gasteiger partial charge is 0.303 e. The first kappa shape index (κ1) is 23.1. The third-order valence-electron chi connectivity index (χ3n) is 10.2. The Labute approximate surface area is 183 Å². The fourth-order valence-corrected chi connectivity index (χ4v) is 8.42. The molecule has 10 atom stereocenters. The lowest BCUT2D eigenvalue weighted by atomic mass is 9.42. The van der Waals surface area contributed by atoms with Gasteiger partial charge in [-0.15, -0.1) is 0 Å². The minimum Gasteiger partial charge on any atom is -0.458 e. The second-order valence-corrected chi connectivity index (χ2v) is 11.4. The maximum atomic E-state index is 15.6. The minimum absolute atomic E-state index is 0.0488. The van der Waals surface area contributed by atoms with Crippen molar-refractivity contribution in [3.8, 4) is 0 Å². The minimum atomic E-state index is -1.62. The number of ether oxygens (including phenoxy) is 1. The Bertz CT molecular complexity index is 773. The molecule has 0 aliphatic heterocycles. The van der Waals surface area contributed by atoms with Crippen molar-refractivity contribution < 1.29 is 34.0 Å². The van der Waals surface area contributed by atoms with E-state index >= 15 is 4.39 Å². The third-order valence-corrected chi connectivity index (χ3v) is 10.2. The number of ketones is 1. The molecule has 0 heterocycles. The lowest BCUT2D eigenvalue weighted by Gasteiger charge is -2.65. The average molecular weight is 441 g/mol. The van der Waals surface area contributed by atoms with E-state index in [9.17, 15) is 24.9 Å². The number of hydrogen-bond donors (Lipinski definition) is 3. The Hall–Kier alpha value is -1.05. The van der Waals surface area contributed by atoms with Crippen LogP contribution >= 0.6 is 0 Å². The van der Waals surface area contributed by atoms with Gasteiger partial charge in [-0.3, -0.25) is 9.59 Å². The third kappa shape index (κ3) is 2.91. The summed E-state index contributed by atoms with van der Waals surface area (Å²) in [6.45, 7) is 6.55. The van der Waals surface area contributed by atoms with Crippen molar-refractivity contribution in [2.75, 3.05) is 6.61 Å². The van der Waals surface area contributed by atoms with Gasteiger partial charge in [0.05, 0.1) is 6.10 Å². The van der Waals surface area contributed by atoms with E-state index in [1.54, 1.807) is 0 Å². The van der Waals surface area contributed by atoms with Gasteiger partial charge in [0, 0.05) is 24.2 Å². The molecule has 0 saturated heterocycles. The molecule has 0 radical (unpaired) electrons. The number of esters is 1. The van der Waals surface area contributed by atoms with Crippen molar-refractivity contribution in [3.05, 3.63) is 0 Å². The lowest BCUT2D eigenvalue weighted by Crippen LogP contribution is -2.68. The molecule has 3 N–H and O–H groups in total. The summed E-state index contributed by atoms with van der Waals surface area (Å²) in [5.74, 6) is -1.40.